The SMILES string of the molecule is C[C@@H]1Cc2c([nH]c3ccccc23)[C@@H](c2c(F)cc(N3CCC4(CCN(C(=O)CN5Cc6cc7c(cc6C5)C(=O)N(C5CCC(=O)NC5=O)C7=O)CC4)CC3)cc2F)N1CC(C)(F)F. The molecule has 10 rings (SSSR count). The average Bonchev–Trinajstić information content (AvgIpc) is 3.88. The Morgan fingerprint density at radius 1 is 0.873 bits per heavy atom. The van der Waals surface area contributed by atoms with Crippen LogP contribution in [0.15, 0.2) is 48.5 Å². The molecule has 3 aromatic carbocycles. The number of carbonyl (C=O) groups is 5. The summed E-state index contributed by atoms with van der Waals surface area (Å²) in [5, 5.41) is 3.13. The van der Waals surface area contributed by atoms with Crippen LogP contribution in [0.4, 0.5) is 23.2 Å². The summed E-state index contributed by atoms with van der Waals surface area (Å²) in [6.07, 6.45) is 3.80. The number of imide groups is 2. The summed E-state index contributed by atoms with van der Waals surface area (Å²) in [6.45, 7) is 5.39. The Morgan fingerprint density at radius 3 is 2.11 bits per heavy atom. The van der Waals surface area contributed by atoms with Crippen LogP contribution in [0, 0.1) is 17.0 Å². The molecule has 3 saturated heterocycles. The third kappa shape index (κ3) is 7.28. The van der Waals surface area contributed by atoms with Crippen molar-refractivity contribution in [1.29, 1.82) is 0 Å². The summed E-state index contributed by atoms with van der Waals surface area (Å²) in [5.74, 6) is -6.83. The summed E-state index contributed by atoms with van der Waals surface area (Å²) in [4.78, 5) is 76.0. The summed E-state index contributed by atoms with van der Waals surface area (Å²) >= 11 is 0. The first-order valence-electron chi connectivity index (χ1n) is 21.9. The van der Waals surface area contributed by atoms with Gasteiger partial charge in [-0.05, 0) is 97.9 Å². The van der Waals surface area contributed by atoms with E-state index in [9.17, 15) is 32.8 Å². The Balaban J connectivity index is 0.762. The summed E-state index contributed by atoms with van der Waals surface area (Å²) in [5.41, 5.74) is 4.54. The number of para-hydroxylation sites is 1. The minimum absolute atomic E-state index is 0.00184. The highest BCUT2D eigenvalue weighted by atomic mass is 19.3. The highest BCUT2D eigenvalue weighted by Crippen LogP contribution is 2.46. The Morgan fingerprint density at radius 2 is 1.49 bits per heavy atom. The molecule has 0 radical (unpaired) electrons. The molecule has 16 heteroatoms. The van der Waals surface area contributed by atoms with Crippen LogP contribution >= 0.6 is 0 Å². The van der Waals surface area contributed by atoms with Crippen molar-refractivity contribution in [1.82, 2.24) is 29.9 Å². The fourth-order valence-corrected chi connectivity index (χ4v) is 11.2. The first kappa shape index (κ1) is 41.4. The molecule has 7 heterocycles. The Labute approximate surface area is 361 Å². The zero-order valence-electron chi connectivity index (χ0n) is 35.2. The number of alkyl halides is 2. The van der Waals surface area contributed by atoms with Gasteiger partial charge in [0.25, 0.3) is 17.7 Å². The zero-order valence-corrected chi connectivity index (χ0v) is 35.2. The van der Waals surface area contributed by atoms with E-state index in [1.807, 2.05) is 45.9 Å². The quantitative estimate of drug-likeness (QED) is 0.170. The predicted molar refractivity (Wildman–Crippen MR) is 224 cm³/mol. The highest BCUT2D eigenvalue weighted by Gasteiger charge is 2.47. The molecular weight excluding hydrogens is 819 g/mol. The standard InChI is InChI=1S/C47H49F4N7O5/c1-26-17-31-30-5-3-4-6-36(30)52-41(31)42(57(26)25-46(2,50)51)40-34(48)20-29(21-35(40)49)55-13-9-47(10-14-55)11-15-56(16-12-47)39(60)24-54-22-27-18-32-33(19-28(27)23-54)45(63)58(44(32)62)37-7-8-38(59)53-43(37)61/h3-6,18-21,26,37,42,52H,7-17,22-25H2,1-2H3,(H,53,59,61)/t26-,37?,42-/m1/s1. The molecule has 0 aliphatic carbocycles. The van der Waals surface area contributed by atoms with Crippen molar-refractivity contribution in [3.8, 4) is 0 Å². The number of fused-ring (bicyclic) bond motifs is 5. The van der Waals surface area contributed by atoms with Crippen LogP contribution in [0.2, 0.25) is 0 Å². The maximum Gasteiger partial charge on any atom is 0.262 e. The van der Waals surface area contributed by atoms with E-state index in [0.717, 1.165) is 65.1 Å². The number of aromatic amines is 1. The van der Waals surface area contributed by atoms with Gasteiger partial charge in [-0.3, -0.25) is 44.0 Å². The van der Waals surface area contributed by atoms with Crippen molar-refractivity contribution in [2.24, 2.45) is 5.41 Å². The number of piperidine rings is 3. The lowest BCUT2D eigenvalue weighted by Gasteiger charge is -2.47. The maximum atomic E-state index is 16.4. The molecular formula is C47H49F4N7O5. The molecule has 0 saturated carbocycles. The third-order valence-electron chi connectivity index (χ3n) is 14.6. The first-order chi connectivity index (χ1) is 30.1. The molecule has 12 nitrogen and oxygen atoms in total. The van der Waals surface area contributed by atoms with Crippen molar-refractivity contribution in [2.75, 3.05) is 44.2 Å². The molecule has 3 fully saturated rings. The molecule has 5 amide bonds. The van der Waals surface area contributed by atoms with Gasteiger partial charge in [0.05, 0.1) is 30.3 Å². The van der Waals surface area contributed by atoms with Crippen molar-refractivity contribution in [3.05, 3.63) is 99.2 Å². The van der Waals surface area contributed by atoms with E-state index < -0.39 is 65.9 Å². The number of anilines is 1. The minimum atomic E-state index is -3.08. The van der Waals surface area contributed by atoms with Crippen LogP contribution < -0.4 is 10.2 Å². The molecule has 0 bridgehead atoms. The van der Waals surface area contributed by atoms with Gasteiger partial charge in [0.1, 0.15) is 17.7 Å². The molecule has 3 atom stereocenters. The minimum Gasteiger partial charge on any atom is -0.371 e. The number of rotatable bonds is 7. The lowest BCUT2D eigenvalue weighted by atomic mass is 9.71. The Hall–Kier alpha value is -5.61. The fraction of sp³-hybridized carbons (Fsp3) is 0.468. The second-order valence-corrected chi connectivity index (χ2v) is 18.7. The Bertz CT molecular complexity index is 2520. The van der Waals surface area contributed by atoms with Gasteiger partial charge < -0.3 is 14.8 Å². The molecule has 6 aliphatic heterocycles. The van der Waals surface area contributed by atoms with Crippen LogP contribution in [0.3, 0.4) is 0 Å². The van der Waals surface area contributed by atoms with Crippen LogP contribution in [0.1, 0.15) is 107 Å². The van der Waals surface area contributed by atoms with Crippen molar-refractivity contribution in [3.63, 3.8) is 0 Å². The number of likely N-dealkylation sites (tertiary alicyclic amines) is 1. The van der Waals surface area contributed by atoms with Crippen LogP contribution in [0.25, 0.3) is 10.9 Å². The summed E-state index contributed by atoms with van der Waals surface area (Å²) in [6, 6.07) is 11.2. The van der Waals surface area contributed by atoms with Crippen LogP contribution in [-0.2, 0) is 33.9 Å². The number of amides is 5. The van der Waals surface area contributed by atoms with E-state index in [0.29, 0.717) is 57.1 Å². The number of benzene rings is 3. The van der Waals surface area contributed by atoms with E-state index in [-0.39, 0.29) is 47.4 Å². The number of carbonyl (C=O) groups excluding carboxylic acids is 5. The smallest absolute Gasteiger partial charge is 0.262 e. The molecule has 2 N–H and O–H groups in total. The second kappa shape index (κ2) is 15.3. The monoisotopic (exact) mass is 867 g/mol. The third-order valence-corrected chi connectivity index (χ3v) is 14.6. The Kier molecular flexibility index (Phi) is 10.0. The van der Waals surface area contributed by atoms with Gasteiger partial charge in [0.2, 0.25) is 17.7 Å². The number of nitrogens with one attached hydrogen (secondary N) is 2. The number of hydrogen-bond donors (Lipinski definition) is 2. The number of nitrogens with zero attached hydrogens (tertiary/aromatic N) is 5. The van der Waals surface area contributed by atoms with Gasteiger partial charge >= 0.3 is 0 Å². The van der Waals surface area contributed by atoms with Gasteiger partial charge in [0.15, 0.2) is 0 Å². The molecule has 4 aromatic rings. The van der Waals surface area contributed by atoms with Crippen LogP contribution in [0.5, 0.6) is 0 Å². The molecule has 63 heavy (non-hydrogen) atoms. The van der Waals surface area contributed by atoms with E-state index in [1.54, 1.807) is 12.1 Å². The van der Waals surface area contributed by atoms with Gasteiger partial charge in [-0.1, -0.05) is 18.2 Å². The highest BCUT2D eigenvalue weighted by molar-refractivity contribution is 6.23. The van der Waals surface area contributed by atoms with Crippen molar-refractivity contribution < 1.29 is 41.5 Å². The molecule has 1 aromatic heterocycles. The average molecular weight is 868 g/mol. The number of hydrogen-bond acceptors (Lipinski definition) is 8. The van der Waals surface area contributed by atoms with E-state index in [1.165, 1.54) is 17.0 Å². The number of H-pyrrole nitrogens is 1. The number of aromatic nitrogens is 1. The van der Waals surface area contributed by atoms with E-state index in [2.05, 4.69) is 10.3 Å². The predicted octanol–water partition coefficient (Wildman–Crippen LogP) is 6.06. The summed E-state index contributed by atoms with van der Waals surface area (Å²) < 4.78 is 62.1. The zero-order chi connectivity index (χ0) is 44.1. The van der Waals surface area contributed by atoms with Crippen molar-refractivity contribution in [2.45, 2.75) is 95.9 Å². The molecule has 1 spiro atoms. The number of halogens is 4. The lowest BCUT2D eigenvalue weighted by molar-refractivity contribution is -0.137. The topological polar surface area (TPSA) is 129 Å². The maximum absolute atomic E-state index is 16.4. The second-order valence-electron chi connectivity index (χ2n) is 18.7. The molecule has 1 unspecified atom stereocenters. The van der Waals surface area contributed by atoms with Gasteiger partial charge in [0, 0.05) is 86.5 Å². The largest absolute Gasteiger partial charge is 0.371 e. The molecule has 6 aliphatic rings. The van der Waals surface area contributed by atoms with E-state index >= 15 is 8.78 Å². The van der Waals surface area contributed by atoms with Crippen LogP contribution in [-0.4, -0.2) is 111 Å². The fourth-order valence-electron chi connectivity index (χ4n) is 11.2. The lowest BCUT2D eigenvalue weighted by Crippen LogP contribution is -2.54. The first-order valence-corrected chi connectivity index (χ1v) is 21.9. The van der Waals surface area contributed by atoms with Gasteiger partial charge in [-0.25, -0.2) is 17.6 Å². The van der Waals surface area contributed by atoms with Gasteiger partial charge in [-0.15, -0.1) is 0 Å². The molecule has 330 valence electrons. The summed E-state index contributed by atoms with van der Waals surface area (Å²) in [7, 11) is 0. The van der Waals surface area contributed by atoms with Crippen molar-refractivity contribution >= 4 is 46.1 Å². The van der Waals surface area contributed by atoms with E-state index in [4.69, 9.17) is 0 Å². The normalized spacial score (nSPS) is 24.0. The van der Waals surface area contributed by atoms with Gasteiger partial charge in [-0.2, -0.15) is 0 Å².